The van der Waals surface area contributed by atoms with Crippen molar-refractivity contribution in [2.75, 3.05) is 33.3 Å². The summed E-state index contributed by atoms with van der Waals surface area (Å²) >= 11 is 0. The SMILES string of the molecule is CO/N=C1\CC2(CCN(C(=O)C3(F)CCNCC3)CC2)Oc2ccc(C)cc21. The van der Waals surface area contributed by atoms with Gasteiger partial charge in [0.25, 0.3) is 5.91 Å². The van der Waals surface area contributed by atoms with Crippen molar-refractivity contribution in [1.82, 2.24) is 10.2 Å². The summed E-state index contributed by atoms with van der Waals surface area (Å²) < 4.78 is 21.5. The number of alkyl halides is 1. The van der Waals surface area contributed by atoms with E-state index in [0.717, 1.165) is 22.6 Å². The molecule has 7 heteroatoms. The Morgan fingerprint density at radius 1 is 1.25 bits per heavy atom. The van der Waals surface area contributed by atoms with Crippen LogP contribution >= 0.6 is 0 Å². The molecule has 3 aliphatic rings. The van der Waals surface area contributed by atoms with Crippen molar-refractivity contribution in [2.45, 2.75) is 50.3 Å². The van der Waals surface area contributed by atoms with E-state index in [2.05, 4.69) is 16.5 Å². The van der Waals surface area contributed by atoms with Crippen molar-refractivity contribution in [3.8, 4) is 5.75 Å². The fourth-order valence-corrected chi connectivity index (χ4v) is 4.54. The van der Waals surface area contributed by atoms with Crippen LogP contribution in [0.25, 0.3) is 0 Å². The van der Waals surface area contributed by atoms with E-state index in [1.807, 2.05) is 19.1 Å². The number of carbonyl (C=O) groups is 1. The number of carbonyl (C=O) groups excluding carboxylic acids is 1. The number of ether oxygens (including phenoxy) is 1. The van der Waals surface area contributed by atoms with Crippen LogP contribution in [0, 0.1) is 6.92 Å². The van der Waals surface area contributed by atoms with E-state index in [1.165, 1.54) is 0 Å². The van der Waals surface area contributed by atoms with Gasteiger partial charge in [0.1, 0.15) is 18.5 Å². The highest BCUT2D eigenvalue weighted by Crippen LogP contribution is 2.41. The van der Waals surface area contributed by atoms with Crippen molar-refractivity contribution in [2.24, 2.45) is 5.16 Å². The molecule has 0 aromatic heterocycles. The van der Waals surface area contributed by atoms with E-state index < -0.39 is 11.3 Å². The molecule has 1 amide bonds. The molecular formula is C21H28FN3O3. The lowest BCUT2D eigenvalue weighted by molar-refractivity contribution is -0.149. The number of piperidine rings is 2. The second-order valence-electron chi connectivity index (χ2n) is 8.19. The number of nitrogens with one attached hydrogen (secondary N) is 1. The zero-order valence-electron chi connectivity index (χ0n) is 16.6. The molecule has 6 nitrogen and oxygen atoms in total. The molecular weight excluding hydrogens is 361 g/mol. The van der Waals surface area contributed by atoms with Crippen LogP contribution in [0.15, 0.2) is 23.4 Å². The number of rotatable bonds is 2. The van der Waals surface area contributed by atoms with Gasteiger partial charge in [-0.15, -0.1) is 0 Å². The number of oxime groups is 1. The summed E-state index contributed by atoms with van der Waals surface area (Å²) in [5.41, 5.74) is 0.818. The summed E-state index contributed by atoms with van der Waals surface area (Å²) in [5, 5.41) is 7.36. The summed E-state index contributed by atoms with van der Waals surface area (Å²) in [6.45, 7) is 4.14. The lowest BCUT2D eigenvalue weighted by Crippen LogP contribution is -2.57. The number of likely N-dealkylation sites (tertiary alicyclic amines) is 1. The van der Waals surface area contributed by atoms with Gasteiger partial charge in [0.2, 0.25) is 0 Å². The van der Waals surface area contributed by atoms with E-state index in [1.54, 1.807) is 12.0 Å². The normalized spacial score (nSPS) is 24.5. The highest BCUT2D eigenvalue weighted by molar-refractivity contribution is 6.04. The Hall–Kier alpha value is -2.15. The molecule has 152 valence electrons. The monoisotopic (exact) mass is 389 g/mol. The number of fused-ring (bicyclic) bond motifs is 1. The van der Waals surface area contributed by atoms with Gasteiger partial charge in [-0.1, -0.05) is 16.8 Å². The summed E-state index contributed by atoms with van der Waals surface area (Å²) in [4.78, 5) is 19.5. The standard InChI is InChI=1S/C21H28FN3O3/c1-15-3-4-18-16(13-15)17(24-27-2)14-20(28-18)7-11-25(12-8-20)19(26)21(22)5-9-23-10-6-21/h3-4,13,23H,5-12,14H2,1-2H3/b24-17+. The number of halogens is 1. The minimum atomic E-state index is -1.73. The predicted molar refractivity (Wildman–Crippen MR) is 104 cm³/mol. The Morgan fingerprint density at radius 2 is 1.96 bits per heavy atom. The van der Waals surface area contributed by atoms with Crippen molar-refractivity contribution >= 4 is 11.6 Å². The number of nitrogens with zero attached hydrogens (tertiary/aromatic N) is 2. The van der Waals surface area contributed by atoms with Crippen molar-refractivity contribution in [3.05, 3.63) is 29.3 Å². The highest BCUT2D eigenvalue weighted by Gasteiger charge is 2.47. The van der Waals surface area contributed by atoms with Crippen molar-refractivity contribution < 1.29 is 18.8 Å². The van der Waals surface area contributed by atoms with Gasteiger partial charge in [-0.25, -0.2) is 4.39 Å². The van der Waals surface area contributed by atoms with Crippen LogP contribution in [-0.2, 0) is 9.63 Å². The number of amides is 1. The Morgan fingerprint density at radius 3 is 2.64 bits per heavy atom. The molecule has 2 saturated heterocycles. The molecule has 3 aliphatic heterocycles. The quantitative estimate of drug-likeness (QED) is 0.790. The minimum absolute atomic E-state index is 0.251. The third-order valence-electron chi connectivity index (χ3n) is 6.20. The fourth-order valence-electron chi connectivity index (χ4n) is 4.54. The highest BCUT2D eigenvalue weighted by atomic mass is 19.1. The van der Waals surface area contributed by atoms with Crippen molar-refractivity contribution in [1.29, 1.82) is 0 Å². The molecule has 0 saturated carbocycles. The van der Waals surface area contributed by atoms with Crippen molar-refractivity contribution in [3.63, 3.8) is 0 Å². The van der Waals surface area contributed by atoms with Gasteiger partial charge in [-0.3, -0.25) is 4.79 Å². The average Bonchev–Trinajstić information content (AvgIpc) is 2.69. The number of benzene rings is 1. The van der Waals surface area contributed by atoms with Crippen LogP contribution in [0.2, 0.25) is 0 Å². The Labute approximate surface area is 165 Å². The number of hydrogen-bond donors (Lipinski definition) is 1. The maximum absolute atomic E-state index is 15.1. The molecule has 3 heterocycles. The predicted octanol–water partition coefficient (Wildman–Crippen LogP) is 2.58. The number of aryl methyl sites for hydroxylation is 1. The lowest BCUT2D eigenvalue weighted by Gasteiger charge is -2.46. The first-order chi connectivity index (χ1) is 13.4. The largest absolute Gasteiger partial charge is 0.486 e. The molecule has 28 heavy (non-hydrogen) atoms. The second kappa shape index (κ2) is 7.35. The van der Waals surface area contributed by atoms with E-state index in [0.29, 0.717) is 45.4 Å². The third kappa shape index (κ3) is 3.48. The molecule has 1 aromatic rings. The summed E-state index contributed by atoms with van der Waals surface area (Å²) in [6, 6.07) is 6.05. The molecule has 1 N–H and O–H groups in total. The lowest BCUT2D eigenvalue weighted by atomic mass is 9.81. The first-order valence-corrected chi connectivity index (χ1v) is 10.0. The zero-order valence-corrected chi connectivity index (χ0v) is 16.6. The summed E-state index contributed by atoms with van der Waals surface area (Å²) in [7, 11) is 1.55. The summed E-state index contributed by atoms with van der Waals surface area (Å²) in [6.07, 6.45) is 2.44. The maximum Gasteiger partial charge on any atom is 0.260 e. The van der Waals surface area contributed by atoms with Gasteiger partial charge in [0.05, 0.1) is 5.71 Å². The van der Waals surface area contributed by atoms with Crippen LogP contribution in [0.1, 0.15) is 43.2 Å². The number of hydrogen-bond acceptors (Lipinski definition) is 5. The molecule has 0 unspecified atom stereocenters. The van der Waals surface area contributed by atoms with Crippen LogP contribution < -0.4 is 10.1 Å². The van der Waals surface area contributed by atoms with E-state index >= 15 is 4.39 Å². The van der Waals surface area contributed by atoms with Crippen LogP contribution in [0.4, 0.5) is 4.39 Å². The molecule has 0 bridgehead atoms. The molecule has 4 rings (SSSR count). The molecule has 2 fully saturated rings. The second-order valence-corrected chi connectivity index (χ2v) is 8.19. The Kier molecular flexibility index (Phi) is 5.04. The molecule has 1 aromatic carbocycles. The Bertz CT molecular complexity index is 781. The topological polar surface area (TPSA) is 63.2 Å². The van der Waals surface area contributed by atoms with Crippen LogP contribution in [-0.4, -0.2) is 61.1 Å². The van der Waals surface area contributed by atoms with Gasteiger partial charge in [0, 0.05) is 50.8 Å². The van der Waals surface area contributed by atoms with E-state index in [4.69, 9.17) is 9.57 Å². The molecule has 1 spiro atoms. The van der Waals surface area contributed by atoms with Gasteiger partial charge in [0.15, 0.2) is 5.67 Å². The smallest absolute Gasteiger partial charge is 0.260 e. The zero-order chi connectivity index (χ0) is 19.8. The van der Waals surface area contributed by atoms with Gasteiger partial charge < -0.3 is 19.8 Å². The first-order valence-electron chi connectivity index (χ1n) is 10.0. The van der Waals surface area contributed by atoms with Gasteiger partial charge in [-0.05, 0) is 32.1 Å². The van der Waals surface area contributed by atoms with Gasteiger partial charge in [-0.2, -0.15) is 0 Å². The van der Waals surface area contributed by atoms with E-state index in [9.17, 15) is 4.79 Å². The Balaban J connectivity index is 1.50. The minimum Gasteiger partial charge on any atom is -0.486 e. The molecule has 0 radical (unpaired) electrons. The van der Waals surface area contributed by atoms with E-state index in [-0.39, 0.29) is 18.7 Å². The average molecular weight is 389 g/mol. The first kappa shape index (κ1) is 19.2. The molecule has 0 atom stereocenters. The molecule has 0 aliphatic carbocycles. The van der Waals surface area contributed by atoms with Crippen LogP contribution in [0.3, 0.4) is 0 Å². The summed E-state index contributed by atoms with van der Waals surface area (Å²) in [5.74, 6) is 0.439. The maximum atomic E-state index is 15.1. The fraction of sp³-hybridized carbons (Fsp3) is 0.619. The van der Waals surface area contributed by atoms with Crippen LogP contribution in [0.5, 0.6) is 5.75 Å². The van der Waals surface area contributed by atoms with Gasteiger partial charge >= 0.3 is 0 Å². The third-order valence-corrected chi connectivity index (χ3v) is 6.20.